The number of hydrogen-bond donors (Lipinski definition) is 0. The van der Waals surface area contributed by atoms with Crippen LogP contribution in [0.4, 0.5) is 0 Å². The minimum Gasteiger partial charge on any atom is -0.390 e. The van der Waals surface area contributed by atoms with Gasteiger partial charge in [0.2, 0.25) is 0 Å². The third-order valence-electron chi connectivity index (χ3n) is 4.28. The van der Waals surface area contributed by atoms with Gasteiger partial charge >= 0.3 is 0 Å². The molecule has 0 heterocycles. The van der Waals surface area contributed by atoms with Crippen molar-refractivity contribution < 1.29 is 4.84 Å². The second-order valence-electron chi connectivity index (χ2n) is 5.92. The summed E-state index contributed by atoms with van der Waals surface area (Å²) < 4.78 is 0. The first kappa shape index (κ1) is 14.8. The normalized spacial score (nSPS) is 16.0. The largest absolute Gasteiger partial charge is 0.390 e. The predicted molar refractivity (Wildman–Crippen MR) is 90.0 cm³/mol. The summed E-state index contributed by atoms with van der Waals surface area (Å²) >= 11 is 0. The summed E-state index contributed by atoms with van der Waals surface area (Å²) in [5.41, 5.74) is 3.53. The molecule has 2 heteroatoms. The van der Waals surface area contributed by atoms with Crippen LogP contribution in [0.25, 0.3) is 0 Å². The molecule has 0 atom stereocenters. The van der Waals surface area contributed by atoms with Crippen molar-refractivity contribution in [1.82, 2.24) is 0 Å². The van der Waals surface area contributed by atoms with Gasteiger partial charge < -0.3 is 4.84 Å². The van der Waals surface area contributed by atoms with E-state index >= 15 is 0 Å². The first-order valence-electron chi connectivity index (χ1n) is 8.14. The van der Waals surface area contributed by atoms with E-state index in [1.54, 1.807) is 0 Å². The van der Waals surface area contributed by atoms with E-state index in [1.807, 2.05) is 36.4 Å². The molecule has 0 saturated heterocycles. The Morgan fingerprint density at radius 1 is 0.955 bits per heavy atom. The Labute approximate surface area is 132 Å². The quantitative estimate of drug-likeness (QED) is 0.551. The molecule has 0 aliphatic heterocycles. The molecule has 2 aromatic rings. The summed E-state index contributed by atoms with van der Waals surface area (Å²) in [5.74, 6) is 0.709. The lowest BCUT2D eigenvalue weighted by atomic mass is 9.84. The van der Waals surface area contributed by atoms with Gasteiger partial charge in [-0.25, -0.2) is 0 Å². The van der Waals surface area contributed by atoms with Crippen molar-refractivity contribution in [3.8, 4) is 0 Å². The molecule has 2 aromatic carbocycles. The second-order valence-corrected chi connectivity index (χ2v) is 5.92. The number of benzene rings is 2. The molecule has 0 aromatic heterocycles. The Bertz CT molecular complexity index is 600. The van der Waals surface area contributed by atoms with Gasteiger partial charge in [0, 0.05) is 5.56 Å². The van der Waals surface area contributed by atoms with Crippen LogP contribution in [-0.2, 0) is 11.4 Å². The number of nitrogens with zero attached hydrogens (tertiary/aromatic N) is 1. The first-order chi connectivity index (χ1) is 10.9. The molecule has 0 unspecified atom stereocenters. The highest BCUT2D eigenvalue weighted by Gasteiger charge is 2.15. The van der Waals surface area contributed by atoms with Crippen LogP contribution in [0.15, 0.2) is 59.8 Å². The zero-order chi connectivity index (χ0) is 15.0. The van der Waals surface area contributed by atoms with Gasteiger partial charge in [-0.15, -0.1) is 0 Å². The fourth-order valence-corrected chi connectivity index (χ4v) is 3.06. The Balaban J connectivity index is 1.56. The molecule has 113 valence electrons. The van der Waals surface area contributed by atoms with Gasteiger partial charge in [0.1, 0.15) is 12.8 Å². The fourth-order valence-electron chi connectivity index (χ4n) is 3.06. The summed E-state index contributed by atoms with van der Waals surface area (Å²) in [7, 11) is 0. The summed E-state index contributed by atoms with van der Waals surface area (Å²) in [4.78, 5) is 5.32. The van der Waals surface area contributed by atoms with E-state index in [-0.39, 0.29) is 0 Å². The van der Waals surface area contributed by atoms with Crippen LogP contribution in [0.5, 0.6) is 0 Å². The SMILES string of the molecule is [C](=N/OCc1ccccc1)/c1cccc(C2CCCCC2)c1. The Hall–Kier alpha value is -2.09. The molecule has 3 rings (SSSR count). The van der Waals surface area contributed by atoms with Gasteiger partial charge in [-0.3, -0.25) is 0 Å². The molecule has 22 heavy (non-hydrogen) atoms. The second kappa shape index (κ2) is 7.79. The average Bonchev–Trinajstić information content (AvgIpc) is 2.61. The Morgan fingerprint density at radius 3 is 2.59 bits per heavy atom. The Kier molecular flexibility index (Phi) is 5.25. The number of hydrogen-bond acceptors (Lipinski definition) is 2. The van der Waals surface area contributed by atoms with E-state index in [0.717, 1.165) is 11.1 Å². The predicted octanol–water partition coefficient (Wildman–Crippen LogP) is 5.16. The summed E-state index contributed by atoms with van der Waals surface area (Å²) in [5, 5.41) is 3.97. The van der Waals surface area contributed by atoms with Crippen molar-refractivity contribution >= 4 is 6.21 Å². The van der Waals surface area contributed by atoms with E-state index in [9.17, 15) is 0 Å². The van der Waals surface area contributed by atoms with Crippen LogP contribution in [0, 0.1) is 0 Å². The highest BCUT2D eigenvalue weighted by molar-refractivity contribution is 5.79. The van der Waals surface area contributed by atoms with Gasteiger partial charge in [-0.1, -0.05) is 72.9 Å². The van der Waals surface area contributed by atoms with Crippen molar-refractivity contribution in [1.29, 1.82) is 0 Å². The van der Waals surface area contributed by atoms with Crippen LogP contribution in [0.2, 0.25) is 0 Å². The monoisotopic (exact) mass is 292 g/mol. The van der Waals surface area contributed by atoms with E-state index in [1.165, 1.54) is 37.7 Å². The molecule has 1 fully saturated rings. The summed E-state index contributed by atoms with van der Waals surface area (Å²) in [6, 6.07) is 18.6. The molecule has 0 bridgehead atoms. The fraction of sp³-hybridized carbons (Fsp3) is 0.350. The van der Waals surface area contributed by atoms with Crippen LogP contribution in [0.1, 0.15) is 54.7 Å². The third-order valence-corrected chi connectivity index (χ3v) is 4.28. The minimum absolute atomic E-state index is 0.482. The molecule has 1 saturated carbocycles. The van der Waals surface area contributed by atoms with Gasteiger partial charge in [0.05, 0.1) is 0 Å². The van der Waals surface area contributed by atoms with E-state index in [2.05, 4.69) is 29.6 Å². The standard InChI is InChI=1S/C20H22NO/c1-3-8-17(9-4-1)16-22-21-15-18-10-7-13-20(14-18)19-11-5-2-6-12-19/h1,3-4,7-10,13-14,19H,2,5-6,11-12,16H2. The average molecular weight is 292 g/mol. The van der Waals surface area contributed by atoms with Crippen LogP contribution < -0.4 is 0 Å². The van der Waals surface area contributed by atoms with E-state index in [0.29, 0.717) is 12.5 Å². The molecule has 0 N–H and O–H groups in total. The molecule has 2 nitrogen and oxygen atoms in total. The van der Waals surface area contributed by atoms with Crippen LogP contribution >= 0.6 is 0 Å². The van der Waals surface area contributed by atoms with Gasteiger partial charge in [0.15, 0.2) is 0 Å². The van der Waals surface area contributed by atoms with Crippen molar-refractivity contribution in [3.63, 3.8) is 0 Å². The maximum absolute atomic E-state index is 5.32. The molecule has 1 radical (unpaired) electrons. The van der Waals surface area contributed by atoms with Gasteiger partial charge in [0.25, 0.3) is 0 Å². The highest BCUT2D eigenvalue weighted by atomic mass is 16.6. The van der Waals surface area contributed by atoms with Crippen LogP contribution in [0.3, 0.4) is 0 Å². The lowest BCUT2D eigenvalue weighted by Gasteiger charge is -2.22. The van der Waals surface area contributed by atoms with Gasteiger partial charge in [-0.2, -0.15) is 0 Å². The molecular formula is C20H22NO. The molecule has 0 spiro atoms. The summed E-state index contributed by atoms with van der Waals surface area (Å²) in [6.07, 6.45) is 9.71. The topological polar surface area (TPSA) is 21.6 Å². The van der Waals surface area contributed by atoms with E-state index < -0.39 is 0 Å². The molecule has 1 aliphatic carbocycles. The number of rotatable bonds is 5. The molecule has 0 amide bonds. The lowest BCUT2D eigenvalue weighted by molar-refractivity contribution is 0.132. The van der Waals surface area contributed by atoms with Crippen LogP contribution in [-0.4, -0.2) is 6.21 Å². The minimum atomic E-state index is 0.482. The lowest BCUT2D eigenvalue weighted by Crippen LogP contribution is -2.04. The maximum Gasteiger partial charge on any atom is 0.142 e. The van der Waals surface area contributed by atoms with Gasteiger partial charge in [-0.05, 0) is 36.0 Å². The zero-order valence-electron chi connectivity index (χ0n) is 12.9. The first-order valence-corrected chi connectivity index (χ1v) is 8.14. The van der Waals surface area contributed by atoms with E-state index in [4.69, 9.17) is 4.84 Å². The molecular weight excluding hydrogens is 270 g/mol. The zero-order valence-corrected chi connectivity index (χ0v) is 12.9. The maximum atomic E-state index is 5.32. The third kappa shape index (κ3) is 4.20. The highest BCUT2D eigenvalue weighted by Crippen LogP contribution is 2.32. The Morgan fingerprint density at radius 2 is 1.77 bits per heavy atom. The molecule has 1 aliphatic rings. The van der Waals surface area contributed by atoms with Crippen molar-refractivity contribution in [2.24, 2.45) is 5.16 Å². The smallest absolute Gasteiger partial charge is 0.142 e. The van der Waals surface area contributed by atoms with Crippen molar-refractivity contribution in [2.75, 3.05) is 0 Å². The summed E-state index contributed by atoms with van der Waals surface area (Å²) in [6.45, 7) is 0.482. The van der Waals surface area contributed by atoms with Crippen molar-refractivity contribution in [3.05, 3.63) is 71.3 Å². The van der Waals surface area contributed by atoms with Crippen molar-refractivity contribution in [2.45, 2.75) is 44.6 Å².